The molecule has 0 aliphatic carbocycles. The standard InChI is InChI=1S/C16H27N3O3S/c1-16(2,23-7)10-18-15(17-3)19-11-8-12(20-4)14(22-6)13(9-11)21-5/h8-9H,10H2,1-7H3,(H2,17,18,19). The summed E-state index contributed by atoms with van der Waals surface area (Å²) in [7, 11) is 6.50. The van der Waals surface area contributed by atoms with Gasteiger partial charge < -0.3 is 24.8 Å². The lowest BCUT2D eigenvalue weighted by atomic mass is 10.2. The molecule has 0 heterocycles. The SMILES string of the molecule is CN=C(NCC(C)(C)SC)Nc1cc(OC)c(OC)c(OC)c1. The second-order valence-corrected chi connectivity index (χ2v) is 6.94. The predicted molar refractivity (Wildman–Crippen MR) is 98.7 cm³/mol. The lowest BCUT2D eigenvalue weighted by Crippen LogP contribution is -2.39. The maximum absolute atomic E-state index is 5.36. The van der Waals surface area contributed by atoms with Gasteiger partial charge in [0, 0.05) is 36.2 Å². The first kappa shape index (κ1) is 19.3. The number of benzene rings is 1. The van der Waals surface area contributed by atoms with Crippen molar-refractivity contribution in [1.82, 2.24) is 5.32 Å². The molecule has 0 radical (unpaired) electrons. The van der Waals surface area contributed by atoms with Gasteiger partial charge in [0.25, 0.3) is 0 Å². The van der Waals surface area contributed by atoms with Gasteiger partial charge in [-0.1, -0.05) is 0 Å². The number of aliphatic imine (C=N–C) groups is 1. The lowest BCUT2D eigenvalue weighted by Gasteiger charge is -2.24. The van der Waals surface area contributed by atoms with E-state index >= 15 is 0 Å². The van der Waals surface area contributed by atoms with Crippen LogP contribution in [0.2, 0.25) is 0 Å². The topological polar surface area (TPSA) is 64.1 Å². The number of nitrogens with one attached hydrogen (secondary N) is 2. The van der Waals surface area contributed by atoms with E-state index in [-0.39, 0.29) is 4.75 Å². The molecule has 0 aliphatic rings. The van der Waals surface area contributed by atoms with Gasteiger partial charge in [0.2, 0.25) is 5.75 Å². The minimum atomic E-state index is 0.118. The molecule has 0 aliphatic heterocycles. The Morgan fingerprint density at radius 3 is 2.09 bits per heavy atom. The zero-order chi connectivity index (χ0) is 17.5. The third kappa shape index (κ3) is 5.42. The van der Waals surface area contributed by atoms with E-state index in [0.717, 1.165) is 12.2 Å². The maximum atomic E-state index is 5.36. The van der Waals surface area contributed by atoms with E-state index in [2.05, 4.69) is 35.7 Å². The van der Waals surface area contributed by atoms with Crippen molar-refractivity contribution in [1.29, 1.82) is 0 Å². The number of hydrogen-bond donors (Lipinski definition) is 2. The summed E-state index contributed by atoms with van der Waals surface area (Å²) in [5.41, 5.74) is 0.801. The van der Waals surface area contributed by atoms with Crippen molar-refractivity contribution in [2.75, 3.05) is 46.5 Å². The van der Waals surface area contributed by atoms with Crippen LogP contribution in [-0.4, -0.2) is 51.9 Å². The number of rotatable bonds is 7. The fraction of sp³-hybridized carbons (Fsp3) is 0.562. The van der Waals surface area contributed by atoms with Crippen LogP contribution in [0.25, 0.3) is 0 Å². The predicted octanol–water partition coefficient (Wildman–Crippen LogP) is 2.84. The Morgan fingerprint density at radius 2 is 1.70 bits per heavy atom. The number of methoxy groups -OCH3 is 3. The Labute approximate surface area is 143 Å². The third-order valence-electron chi connectivity index (χ3n) is 3.39. The monoisotopic (exact) mass is 341 g/mol. The highest BCUT2D eigenvalue weighted by atomic mass is 32.2. The van der Waals surface area contributed by atoms with Crippen LogP contribution >= 0.6 is 11.8 Å². The Bertz CT molecular complexity index is 522. The average molecular weight is 341 g/mol. The number of anilines is 1. The second-order valence-electron chi connectivity index (χ2n) is 5.43. The van der Waals surface area contributed by atoms with Crippen LogP contribution in [0.4, 0.5) is 5.69 Å². The molecule has 6 nitrogen and oxygen atoms in total. The molecule has 7 heteroatoms. The van der Waals surface area contributed by atoms with Gasteiger partial charge in [-0.05, 0) is 20.1 Å². The van der Waals surface area contributed by atoms with Crippen molar-refractivity contribution >= 4 is 23.4 Å². The van der Waals surface area contributed by atoms with E-state index in [0.29, 0.717) is 23.2 Å². The number of guanidine groups is 1. The average Bonchev–Trinajstić information content (AvgIpc) is 2.57. The Hall–Kier alpha value is -1.76. The highest BCUT2D eigenvalue weighted by Gasteiger charge is 2.17. The molecule has 0 spiro atoms. The summed E-state index contributed by atoms with van der Waals surface area (Å²) >= 11 is 1.80. The summed E-state index contributed by atoms with van der Waals surface area (Å²) in [6.45, 7) is 5.15. The van der Waals surface area contributed by atoms with Crippen molar-refractivity contribution in [2.45, 2.75) is 18.6 Å². The molecule has 0 atom stereocenters. The van der Waals surface area contributed by atoms with Crippen LogP contribution in [0.15, 0.2) is 17.1 Å². The van der Waals surface area contributed by atoms with Crippen molar-refractivity contribution in [3.05, 3.63) is 12.1 Å². The molecule has 0 amide bonds. The number of ether oxygens (including phenoxy) is 3. The maximum Gasteiger partial charge on any atom is 0.203 e. The molecule has 2 N–H and O–H groups in total. The summed E-state index contributed by atoms with van der Waals surface area (Å²) < 4.78 is 16.2. The van der Waals surface area contributed by atoms with Crippen molar-refractivity contribution in [3.8, 4) is 17.2 Å². The van der Waals surface area contributed by atoms with E-state index in [1.165, 1.54) is 0 Å². The Balaban J connectivity index is 2.94. The molecule has 0 aromatic heterocycles. The quantitative estimate of drug-likeness (QED) is 0.587. The Morgan fingerprint density at radius 1 is 1.13 bits per heavy atom. The van der Waals surface area contributed by atoms with Gasteiger partial charge in [-0.15, -0.1) is 0 Å². The van der Waals surface area contributed by atoms with E-state index in [1.807, 2.05) is 12.1 Å². The largest absolute Gasteiger partial charge is 0.493 e. The number of thioether (sulfide) groups is 1. The van der Waals surface area contributed by atoms with E-state index in [1.54, 1.807) is 40.1 Å². The van der Waals surface area contributed by atoms with Crippen molar-refractivity contribution in [3.63, 3.8) is 0 Å². The molecule has 0 bridgehead atoms. The highest BCUT2D eigenvalue weighted by Crippen LogP contribution is 2.39. The first-order valence-electron chi connectivity index (χ1n) is 7.23. The van der Waals surface area contributed by atoms with Crippen molar-refractivity contribution < 1.29 is 14.2 Å². The van der Waals surface area contributed by atoms with Crippen molar-refractivity contribution in [2.24, 2.45) is 4.99 Å². The molecule has 0 saturated carbocycles. The normalized spacial score (nSPS) is 11.9. The molecular weight excluding hydrogens is 314 g/mol. The molecule has 23 heavy (non-hydrogen) atoms. The summed E-state index contributed by atoms with van der Waals surface area (Å²) in [5, 5.41) is 6.56. The first-order chi connectivity index (χ1) is 10.9. The van der Waals surface area contributed by atoms with E-state index in [4.69, 9.17) is 14.2 Å². The van der Waals surface area contributed by atoms with Gasteiger partial charge in [0.05, 0.1) is 21.3 Å². The number of hydrogen-bond acceptors (Lipinski definition) is 5. The van der Waals surface area contributed by atoms with Crippen LogP contribution in [0.5, 0.6) is 17.2 Å². The molecule has 1 rings (SSSR count). The fourth-order valence-corrected chi connectivity index (χ4v) is 2.05. The van der Waals surface area contributed by atoms with Gasteiger partial charge in [0.1, 0.15) is 0 Å². The molecule has 0 saturated heterocycles. The smallest absolute Gasteiger partial charge is 0.203 e. The second kappa shape index (κ2) is 8.76. The summed E-state index contributed by atoms with van der Waals surface area (Å²) in [6.07, 6.45) is 2.09. The van der Waals surface area contributed by atoms with Crippen LogP contribution < -0.4 is 24.8 Å². The zero-order valence-electron chi connectivity index (χ0n) is 14.9. The summed E-state index contributed by atoms with van der Waals surface area (Å²) in [4.78, 5) is 4.25. The van der Waals surface area contributed by atoms with E-state index in [9.17, 15) is 0 Å². The van der Waals surface area contributed by atoms with E-state index < -0.39 is 0 Å². The van der Waals surface area contributed by atoms with Crippen LogP contribution in [0.3, 0.4) is 0 Å². The molecule has 0 unspecified atom stereocenters. The summed E-state index contributed by atoms with van der Waals surface area (Å²) in [5.74, 6) is 2.43. The minimum Gasteiger partial charge on any atom is -0.493 e. The molecular formula is C16H27N3O3S. The lowest BCUT2D eigenvalue weighted by molar-refractivity contribution is 0.324. The highest BCUT2D eigenvalue weighted by molar-refractivity contribution is 7.99. The van der Waals surface area contributed by atoms with Gasteiger partial charge in [-0.3, -0.25) is 4.99 Å². The minimum absolute atomic E-state index is 0.118. The van der Waals surface area contributed by atoms with Gasteiger partial charge >= 0.3 is 0 Å². The van der Waals surface area contributed by atoms with Gasteiger partial charge in [-0.25, -0.2) is 0 Å². The van der Waals surface area contributed by atoms with Gasteiger partial charge in [0.15, 0.2) is 17.5 Å². The third-order valence-corrected chi connectivity index (χ3v) is 4.63. The van der Waals surface area contributed by atoms with Crippen LogP contribution in [-0.2, 0) is 0 Å². The number of nitrogens with zero attached hydrogens (tertiary/aromatic N) is 1. The molecule has 1 aromatic carbocycles. The summed E-state index contributed by atoms with van der Waals surface area (Å²) in [6, 6.07) is 3.68. The van der Waals surface area contributed by atoms with Crippen LogP contribution in [0, 0.1) is 0 Å². The molecule has 130 valence electrons. The van der Waals surface area contributed by atoms with Gasteiger partial charge in [-0.2, -0.15) is 11.8 Å². The molecule has 0 fully saturated rings. The molecule has 1 aromatic rings. The Kier molecular flexibility index (Phi) is 7.35. The first-order valence-corrected chi connectivity index (χ1v) is 8.46. The fourth-order valence-electron chi connectivity index (χ4n) is 1.84. The van der Waals surface area contributed by atoms with Crippen LogP contribution in [0.1, 0.15) is 13.8 Å². The zero-order valence-corrected chi connectivity index (χ0v) is 15.8.